The van der Waals surface area contributed by atoms with Crippen molar-refractivity contribution >= 4 is 0 Å². The molecular formula is C10H20O. The summed E-state index contributed by atoms with van der Waals surface area (Å²) in [5, 5.41) is 0. The SMILES string of the molecule is CC1CCCC1.CC1COC1. The number of rotatable bonds is 0. The van der Waals surface area contributed by atoms with Gasteiger partial charge in [-0.2, -0.15) is 0 Å². The largest absolute Gasteiger partial charge is 0.381 e. The Kier molecular flexibility index (Phi) is 3.92. The smallest absolute Gasteiger partial charge is 0.0513 e. The average molecular weight is 156 g/mol. The molecule has 2 aliphatic rings. The van der Waals surface area contributed by atoms with Crippen molar-refractivity contribution in [2.45, 2.75) is 39.5 Å². The number of hydrogen-bond acceptors (Lipinski definition) is 1. The van der Waals surface area contributed by atoms with Gasteiger partial charge in [0.25, 0.3) is 0 Å². The van der Waals surface area contributed by atoms with Crippen LogP contribution in [0.5, 0.6) is 0 Å². The third-order valence-corrected chi connectivity index (χ3v) is 2.45. The van der Waals surface area contributed by atoms with Crippen LogP contribution in [0, 0.1) is 11.8 Å². The Morgan fingerprint density at radius 3 is 1.45 bits per heavy atom. The van der Waals surface area contributed by atoms with E-state index in [1.807, 2.05) is 0 Å². The zero-order valence-corrected chi connectivity index (χ0v) is 7.81. The molecule has 1 saturated carbocycles. The molecule has 0 bridgehead atoms. The van der Waals surface area contributed by atoms with Gasteiger partial charge in [0.05, 0.1) is 13.2 Å². The second-order valence-corrected chi connectivity index (χ2v) is 4.03. The molecule has 0 radical (unpaired) electrons. The van der Waals surface area contributed by atoms with E-state index < -0.39 is 0 Å². The van der Waals surface area contributed by atoms with E-state index in [1.165, 1.54) is 25.7 Å². The Labute approximate surface area is 70.1 Å². The molecule has 1 heteroatoms. The molecule has 66 valence electrons. The van der Waals surface area contributed by atoms with E-state index in [0.717, 1.165) is 25.0 Å². The topological polar surface area (TPSA) is 9.23 Å². The molecule has 1 nitrogen and oxygen atoms in total. The lowest BCUT2D eigenvalue weighted by molar-refractivity contribution is -0.0221. The fraction of sp³-hybridized carbons (Fsp3) is 1.00. The summed E-state index contributed by atoms with van der Waals surface area (Å²) in [6.45, 7) is 6.50. The summed E-state index contributed by atoms with van der Waals surface area (Å²) < 4.78 is 4.83. The van der Waals surface area contributed by atoms with Gasteiger partial charge >= 0.3 is 0 Å². The molecular weight excluding hydrogens is 136 g/mol. The fourth-order valence-corrected chi connectivity index (χ4v) is 1.48. The molecule has 1 saturated heterocycles. The van der Waals surface area contributed by atoms with Gasteiger partial charge in [-0.05, 0) is 5.92 Å². The summed E-state index contributed by atoms with van der Waals surface area (Å²) in [5.74, 6) is 1.89. The van der Waals surface area contributed by atoms with Gasteiger partial charge in [-0.3, -0.25) is 0 Å². The van der Waals surface area contributed by atoms with Gasteiger partial charge in [0.1, 0.15) is 0 Å². The third-order valence-electron chi connectivity index (χ3n) is 2.45. The molecule has 2 rings (SSSR count). The van der Waals surface area contributed by atoms with Crippen LogP contribution in [0.3, 0.4) is 0 Å². The first-order valence-corrected chi connectivity index (χ1v) is 4.87. The molecule has 0 spiro atoms. The molecule has 0 unspecified atom stereocenters. The van der Waals surface area contributed by atoms with E-state index >= 15 is 0 Å². The van der Waals surface area contributed by atoms with Crippen molar-refractivity contribution in [1.82, 2.24) is 0 Å². The predicted molar refractivity (Wildman–Crippen MR) is 47.6 cm³/mol. The van der Waals surface area contributed by atoms with Crippen LogP contribution in [-0.2, 0) is 4.74 Å². The fourth-order valence-electron chi connectivity index (χ4n) is 1.48. The third kappa shape index (κ3) is 3.76. The molecule has 0 aromatic rings. The lowest BCUT2D eigenvalue weighted by Gasteiger charge is -2.20. The van der Waals surface area contributed by atoms with Gasteiger partial charge in [-0.1, -0.05) is 39.5 Å². The first kappa shape index (κ1) is 9.05. The van der Waals surface area contributed by atoms with Crippen LogP contribution in [0.4, 0.5) is 0 Å². The van der Waals surface area contributed by atoms with Crippen LogP contribution in [0.1, 0.15) is 39.5 Å². The zero-order chi connectivity index (χ0) is 8.10. The van der Waals surface area contributed by atoms with Gasteiger partial charge in [0, 0.05) is 5.92 Å². The summed E-state index contributed by atoms with van der Waals surface area (Å²) in [4.78, 5) is 0. The van der Waals surface area contributed by atoms with E-state index in [0.29, 0.717) is 0 Å². The van der Waals surface area contributed by atoms with Gasteiger partial charge in [0.2, 0.25) is 0 Å². The van der Waals surface area contributed by atoms with Crippen LogP contribution in [0.2, 0.25) is 0 Å². The Bertz CT molecular complexity index is 91.0. The second kappa shape index (κ2) is 4.76. The molecule has 1 aliphatic carbocycles. The zero-order valence-electron chi connectivity index (χ0n) is 7.81. The summed E-state index contributed by atoms with van der Waals surface area (Å²) in [6.07, 6.45) is 5.95. The van der Waals surface area contributed by atoms with E-state index in [2.05, 4.69) is 13.8 Å². The lowest BCUT2D eigenvalue weighted by atomic mass is 10.2. The van der Waals surface area contributed by atoms with E-state index in [-0.39, 0.29) is 0 Å². The second-order valence-electron chi connectivity index (χ2n) is 4.03. The van der Waals surface area contributed by atoms with Gasteiger partial charge in [-0.25, -0.2) is 0 Å². The minimum atomic E-state index is 0.843. The van der Waals surface area contributed by atoms with Crippen molar-refractivity contribution in [2.24, 2.45) is 11.8 Å². The quantitative estimate of drug-likeness (QED) is 0.524. The standard InChI is InChI=1S/C6H12.C4H8O/c1-6-4-2-3-5-6;1-4-2-5-3-4/h6H,2-5H2,1H3;4H,2-3H2,1H3. The maximum atomic E-state index is 4.83. The highest BCUT2D eigenvalue weighted by Gasteiger charge is 2.09. The van der Waals surface area contributed by atoms with Crippen molar-refractivity contribution in [3.05, 3.63) is 0 Å². The molecule has 0 aromatic carbocycles. The van der Waals surface area contributed by atoms with Gasteiger partial charge < -0.3 is 4.74 Å². The van der Waals surface area contributed by atoms with Crippen molar-refractivity contribution in [2.75, 3.05) is 13.2 Å². The van der Waals surface area contributed by atoms with Crippen molar-refractivity contribution in [3.8, 4) is 0 Å². The molecule has 1 aliphatic heterocycles. The Morgan fingerprint density at radius 1 is 0.909 bits per heavy atom. The summed E-state index contributed by atoms with van der Waals surface area (Å²) in [7, 11) is 0. The average Bonchev–Trinajstić information content (AvgIpc) is 2.36. The molecule has 2 fully saturated rings. The molecule has 1 heterocycles. The number of ether oxygens (including phenoxy) is 1. The Balaban J connectivity index is 0.000000112. The Morgan fingerprint density at radius 2 is 1.36 bits per heavy atom. The van der Waals surface area contributed by atoms with E-state index in [9.17, 15) is 0 Å². The van der Waals surface area contributed by atoms with Crippen LogP contribution in [-0.4, -0.2) is 13.2 Å². The molecule has 11 heavy (non-hydrogen) atoms. The minimum absolute atomic E-state index is 0.843. The highest BCUT2D eigenvalue weighted by Crippen LogP contribution is 2.22. The normalized spacial score (nSPS) is 25.6. The van der Waals surface area contributed by atoms with Crippen molar-refractivity contribution in [3.63, 3.8) is 0 Å². The monoisotopic (exact) mass is 156 g/mol. The van der Waals surface area contributed by atoms with Crippen LogP contribution in [0.15, 0.2) is 0 Å². The Hall–Kier alpha value is -0.0400. The molecule has 0 amide bonds. The first-order chi connectivity index (χ1) is 5.29. The van der Waals surface area contributed by atoms with Crippen LogP contribution in [0.25, 0.3) is 0 Å². The van der Waals surface area contributed by atoms with Crippen LogP contribution < -0.4 is 0 Å². The van der Waals surface area contributed by atoms with E-state index in [1.54, 1.807) is 0 Å². The van der Waals surface area contributed by atoms with Crippen molar-refractivity contribution in [1.29, 1.82) is 0 Å². The maximum Gasteiger partial charge on any atom is 0.0513 e. The van der Waals surface area contributed by atoms with Crippen LogP contribution >= 0.6 is 0 Å². The predicted octanol–water partition coefficient (Wildman–Crippen LogP) is 2.85. The highest BCUT2D eigenvalue weighted by molar-refractivity contribution is 4.60. The van der Waals surface area contributed by atoms with Gasteiger partial charge in [-0.15, -0.1) is 0 Å². The first-order valence-electron chi connectivity index (χ1n) is 4.87. The highest BCUT2D eigenvalue weighted by atomic mass is 16.5. The molecule has 0 N–H and O–H groups in total. The maximum absolute atomic E-state index is 4.83. The minimum Gasteiger partial charge on any atom is -0.381 e. The summed E-state index contributed by atoms with van der Waals surface area (Å²) in [6, 6.07) is 0. The molecule has 0 aromatic heterocycles. The summed E-state index contributed by atoms with van der Waals surface area (Å²) in [5.41, 5.74) is 0. The number of hydrogen-bond donors (Lipinski definition) is 0. The van der Waals surface area contributed by atoms with Gasteiger partial charge in [0.15, 0.2) is 0 Å². The van der Waals surface area contributed by atoms with E-state index in [4.69, 9.17) is 4.74 Å². The molecule has 0 atom stereocenters. The summed E-state index contributed by atoms with van der Waals surface area (Å²) >= 11 is 0. The lowest BCUT2D eigenvalue weighted by Crippen LogP contribution is -2.23. The van der Waals surface area contributed by atoms with Crippen molar-refractivity contribution < 1.29 is 4.74 Å².